The first-order valence-corrected chi connectivity index (χ1v) is 6.71. The summed E-state index contributed by atoms with van der Waals surface area (Å²) in [6, 6.07) is 0.800. The van der Waals surface area contributed by atoms with E-state index in [-0.39, 0.29) is 5.92 Å². The van der Waals surface area contributed by atoms with Crippen molar-refractivity contribution in [3.05, 3.63) is 0 Å². The van der Waals surface area contributed by atoms with Gasteiger partial charge in [0.05, 0.1) is 5.92 Å². The highest BCUT2D eigenvalue weighted by Gasteiger charge is 2.43. The lowest BCUT2D eigenvalue weighted by Crippen LogP contribution is -2.45. The van der Waals surface area contributed by atoms with Crippen LogP contribution in [-0.4, -0.2) is 35.1 Å². The van der Waals surface area contributed by atoms with Gasteiger partial charge in [-0.15, -0.1) is 0 Å². The molecule has 1 N–H and O–H groups in total. The van der Waals surface area contributed by atoms with E-state index in [1.807, 2.05) is 0 Å². The lowest BCUT2D eigenvalue weighted by molar-refractivity contribution is -0.143. The maximum Gasteiger partial charge on any atom is 0.306 e. The molecule has 3 heteroatoms. The number of hydrogen-bond donors (Lipinski definition) is 1. The average Bonchev–Trinajstić information content (AvgIpc) is 2.91. The van der Waals surface area contributed by atoms with Crippen LogP contribution in [0.3, 0.4) is 0 Å². The SMILES string of the molecule is O=C(O)C1CCN(C2CC3CCC2C3)CC1. The third-order valence-corrected chi connectivity index (χ3v) is 5.05. The Balaban J connectivity index is 1.56. The topological polar surface area (TPSA) is 40.5 Å². The highest BCUT2D eigenvalue weighted by molar-refractivity contribution is 5.70. The first-order chi connectivity index (χ1) is 7.74. The quantitative estimate of drug-likeness (QED) is 0.778. The number of carboxylic acid groups (broad SMARTS) is 1. The zero-order chi connectivity index (χ0) is 11.1. The van der Waals surface area contributed by atoms with Crippen molar-refractivity contribution in [2.24, 2.45) is 17.8 Å². The Morgan fingerprint density at radius 1 is 1.06 bits per heavy atom. The van der Waals surface area contributed by atoms with Crippen LogP contribution in [0.1, 0.15) is 38.5 Å². The van der Waals surface area contributed by atoms with Gasteiger partial charge in [0.2, 0.25) is 0 Å². The molecule has 3 atom stereocenters. The average molecular weight is 223 g/mol. The fourth-order valence-corrected chi connectivity index (χ4v) is 4.14. The Labute approximate surface area is 96.8 Å². The molecule has 0 aromatic rings. The monoisotopic (exact) mass is 223 g/mol. The van der Waals surface area contributed by atoms with E-state index < -0.39 is 5.97 Å². The van der Waals surface area contributed by atoms with Gasteiger partial charge in [0, 0.05) is 6.04 Å². The van der Waals surface area contributed by atoms with Gasteiger partial charge in [-0.05, 0) is 57.0 Å². The van der Waals surface area contributed by atoms with Crippen molar-refractivity contribution in [3.63, 3.8) is 0 Å². The van der Waals surface area contributed by atoms with Gasteiger partial charge >= 0.3 is 5.97 Å². The molecule has 3 unspecified atom stereocenters. The van der Waals surface area contributed by atoms with Crippen molar-refractivity contribution >= 4 is 5.97 Å². The highest BCUT2D eigenvalue weighted by Crippen LogP contribution is 2.47. The molecule has 3 rings (SSSR count). The number of likely N-dealkylation sites (tertiary alicyclic amines) is 1. The second-order valence-corrected chi connectivity index (χ2v) is 5.89. The smallest absolute Gasteiger partial charge is 0.306 e. The minimum atomic E-state index is -0.590. The van der Waals surface area contributed by atoms with E-state index in [2.05, 4.69) is 4.90 Å². The summed E-state index contributed by atoms with van der Waals surface area (Å²) < 4.78 is 0. The maximum absolute atomic E-state index is 10.9. The molecule has 2 saturated carbocycles. The van der Waals surface area contributed by atoms with Gasteiger partial charge in [0.15, 0.2) is 0 Å². The van der Waals surface area contributed by atoms with Crippen LogP contribution in [0.25, 0.3) is 0 Å². The third kappa shape index (κ3) is 1.75. The number of rotatable bonds is 2. The van der Waals surface area contributed by atoms with Crippen molar-refractivity contribution < 1.29 is 9.90 Å². The molecule has 0 amide bonds. The second kappa shape index (κ2) is 4.02. The Morgan fingerprint density at radius 2 is 1.81 bits per heavy atom. The summed E-state index contributed by atoms with van der Waals surface area (Å²) in [6.07, 6.45) is 7.44. The zero-order valence-electron chi connectivity index (χ0n) is 9.77. The summed E-state index contributed by atoms with van der Waals surface area (Å²) in [5.41, 5.74) is 0. The molecule has 3 fully saturated rings. The van der Waals surface area contributed by atoms with E-state index in [4.69, 9.17) is 5.11 Å². The number of nitrogens with zero attached hydrogens (tertiary/aromatic N) is 1. The van der Waals surface area contributed by atoms with Crippen LogP contribution in [0.4, 0.5) is 0 Å². The minimum absolute atomic E-state index is 0.0742. The van der Waals surface area contributed by atoms with Gasteiger partial charge in [0.25, 0.3) is 0 Å². The van der Waals surface area contributed by atoms with E-state index in [1.54, 1.807) is 0 Å². The first kappa shape index (κ1) is 10.6. The van der Waals surface area contributed by atoms with Crippen molar-refractivity contribution in [3.8, 4) is 0 Å². The molecule has 0 aromatic carbocycles. The molecule has 0 spiro atoms. The molecule has 90 valence electrons. The summed E-state index contributed by atoms with van der Waals surface area (Å²) in [4.78, 5) is 13.5. The Morgan fingerprint density at radius 3 is 2.31 bits per heavy atom. The Bertz CT molecular complexity index is 284. The number of fused-ring (bicyclic) bond motifs is 2. The normalized spacial score (nSPS) is 40.4. The van der Waals surface area contributed by atoms with Crippen molar-refractivity contribution in [2.75, 3.05) is 13.1 Å². The predicted molar refractivity (Wildman–Crippen MR) is 61.2 cm³/mol. The number of piperidine rings is 1. The molecular formula is C13H21NO2. The molecule has 1 aliphatic heterocycles. The van der Waals surface area contributed by atoms with Gasteiger partial charge in [-0.1, -0.05) is 6.42 Å². The third-order valence-electron chi connectivity index (χ3n) is 5.05. The first-order valence-electron chi connectivity index (χ1n) is 6.71. The predicted octanol–water partition coefficient (Wildman–Crippen LogP) is 1.97. The van der Waals surface area contributed by atoms with Crippen LogP contribution in [-0.2, 0) is 4.79 Å². The lowest BCUT2D eigenvalue weighted by Gasteiger charge is -2.38. The van der Waals surface area contributed by atoms with Gasteiger partial charge in [-0.2, -0.15) is 0 Å². The molecule has 1 saturated heterocycles. The van der Waals surface area contributed by atoms with Gasteiger partial charge in [-0.3, -0.25) is 4.79 Å². The van der Waals surface area contributed by atoms with Crippen molar-refractivity contribution in [2.45, 2.75) is 44.6 Å². The van der Waals surface area contributed by atoms with Gasteiger partial charge in [-0.25, -0.2) is 0 Å². The molecule has 2 aliphatic carbocycles. The number of aliphatic carboxylic acids is 1. The van der Waals surface area contributed by atoms with Crippen LogP contribution >= 0.6 is 0 Å². The highest BCUT2D eigenvalue weighted by atomic mass is 16.4. The molecule has 16 heavy (non-hydrogen) atoms. The second-order valence-electron chi connectivity index (χ2n) is 5.89. The molecule has 0 radical (unpaired) electrons. The van der Waals surface area contributed by atoms with Crippen LogP contribution in [0.5, 0.6) is 0 Å². The van der Waals surface area contributed by atoms with Crippen molar-refractivity contribution in [1.82, 2.24) is 4.90 Å². The molecule has 3 aliphatic rings. The molecule has 2 bridgehead atoms. The van der Waals surface area contributed by atoms with E-state index in [0.29, 0.717) is 0 Å². The zero-order valence-corrected chi connectivity index (χ0v) is 9.77. The standard InChI is InChI=1S/C13H21NO2/c15-13(16)10-3-5-14(6-4-10)12-8-9-1-2-11(12)7-9/h9-12H,1-8H2,(H,15,16). The summed E-state index contributed by atoms with van der Waals surface area (Å²) in [6.45, 7) is 2.04. The number of hydrogen-bond acceptors (Lipinski definition) is 2. The maximum atomic E-state index is 10.9. The minimum Gasteiger partial charge on any atom is -0.481 e. The van der Waals surface area contributed by atoms with E-state index in [0.717, 1.165) is 43.8 Å². The van der Waals surface area contributed by atoms with E-state index in [1.165, 1.54) is 25.7 Å². The van der Waals surface area contributed by atoms with E-state index >= 15 is 0 Å². The number of carbonyl (C=O) groups is 1. The fourth-order valence-electron chi connectivity index (χ4n) is 4.14. The molecular weight excluding hydrogens is 202 g/mol. The summed E-state index contributed by atoms with van der Waals surface area (Å²) in [5, 5.41) is 8.98. The van der Waals surface area contributed by atoms with Crippen molar-refractivity contribution in [1.29, 1.82) is 0 Å². The summed E-state index contributed by atoms with van der Waals surface area (Å²) in [5.74, 6) is 1.26. The summed E-state index contributed by atoms with van der Waals surface area (Å²) >= 11 is 0. The Hall–Kier alpha value is -0.570. The van der Waals surface area contributed by atoms with Crippen LogP contribution in [0, 0.1) is 17.8 Å². The molecule has 3 nitrogen and oxygen atoms in total. The number of carboxylic acids is 1. The fraction of sp³-hybridized carbons (Fsp3) is 0.923. The van der Waals surface area contributed by atoms with Gasteiger partial charge in [0.1, 0.15) is 0 Å². The summed E-state index contributed by atoms with van der Waals surface area (Å²) in [7, 11) is 0. The molecule has 0 aromatic heterocycles. The molecule has 1 heterocycles. The largest absolute Gasteiger partial charge is 0.481 e. The Kier molecular flexibility index (Phi) is 2.66. The van der Waals surface area contributed by atoms with Crippen LogP contribution < -0.4 is 0 Å². The van der Waals surface area contributed by atoms with E-state index in [9.17, 15) is 4.79 Å². The van der Waals surface area contributed by atoms with Gasteiger partial charge < -0.3 is 10.0 Å². The van der Waals surface area contributed by atoms with Crippen LogP contribution in [0.2, 0.25) is 0 Å². The van der Waals surface area contributed by atoms with Crippen LogP contribution in [0.15, 0.2) is 0 Å². The lowest BCUT2D eigenvalue weighted by atomic mass is 9.90.